The summed E-state index contributed by atoms with van der Waals surface area (Å²) in [5.41, 5.74) is -5.76. The van der Waals surface area contributed by atoms with Gasteiger partial charge in [-0.05, 0) is 48.4 Å². The Morgan fingerprint density at radius 2 is 1.75 bits per heavy atom. The fourth-order valence-electron chi connectivity index (χ4n) is 8.28. The Labute approximate surface area is 345 Å². The summed E-state index contributed by atoms with van der Waals surface area (Å²) in [6, 6.07) is 6.40. The van der Waals surface area contributed by atoms with E-state index in [9.17, 15) is 35.6 Å². The van der Waals surface area contributed by atoms with Crippen molar-refractivity contribution in [2.45, 2.75) is 69.9 Å². The number of halogens is 9. The van der Waals surface area contributed by atoms with E-state index < -0.39 is 111 Å². The number of nitrogens with one attached hydrogen (secondary N) is 2. The van der Waals surface area contributed by atoms with Crippen molar-refractivity contribution in [1.29, 1.82) is 0 Å². The number of amides is 1. The molecule has 1 amide bonds. The second kappa shape index (κ2) is 14.2. The Morgan fingerprint density at radius 1 is 1.07 bits per heavy atom. The molecule has 0 spiro atoms. The first-order valence-electron chi connectivity index (χ1n) is 18.6. The largest absolute Gasteiger partial charge is 0.344 e. The highest BCUT2D eigenvalue weighted by molar-refractivity contribution is 7.92. The summed E-state index contributed by atoms with van der Waals surface area (Å²) >= 11 is 6.56. The van der Waals surface area contributed by atoms with Gasteiger partial charge in [0.1, 0.15) is 35.4 Å². The molecule has 3 heterocycles. The lowest BCUT2D eigenvalue weighted by molar-refractivity contribution is -0.123. The van der Waals surface area contributed by atoms with Crippen LogP contribution in [0, 0.1) is 17.0 Å². The molecule has 0 aliphatic heterocycles. The molecule has 3 aromatic heterocycles. The minimum atomic E-state index is -3.96. The molecule has 22 heteroatoms. The van der Waals surface area contributed by atoms with E-state index >= 15 is 17.6 Å². The number of hydrogen-bond donors (Lipinski definition) is 2. The maximum Gasteiger partial charge on any atom is 0.295 e. The molecule has 0 bridgehead atoms. The summed E-state index contributed by atoms with van der Waals surface area (Å²) in [6.07, 6.45) is -3.69. The van der Waals surface area contributed by atoms with Crippen molar-refractivity contribution in [2.24, 2.45) is 12.5 Å². The van der Waals surface area contributed by atoms with Gasteiger partial charge in [0.15, 0.2) is 5.82 Å². The van der Waals surface area contributed by atoms with Gasteiger partial charge in [-0.1, -0.05) is 31.5 Å². The Bertz CT molecular complexity index is 2990. The average Bonchev–Trinajstić information content (AvgIpc) is 3.46. The van der Waals surface area contributed by atoms with Gasteiger partial charge in [-0.15, -0.1) is 0 Å². The second-order valence-electron chi connectivity index (χ2n) is 15.5. The lowest BCUT2D eigenvalue weighted by Crippen LogP contribution is -2.38. The van der Waals surface area contributed by atoms with Gasteiger partial charge in [0.05, 0.1) is 44.8 Å². The zero-order valence-electron chi connectivity index (χ0n) is 32.3. The van der Waals surface area contributed by atoms with Crippen molar-refractivity contribution in [1.82, 2.24) is 34.4 Å². The van der Waals surface area contributed by atoms with Crippen LogP contribution >= 0.6 is 11.6 Å². The summed E-state index contributed by atoms with van der Waals surface area (Å²) in [5, 5.41) is 10.2. The molecule has 1 saturated carbocycles. The Hall–Kier alpha value is -5.57. The average molecular weight is 897 g/mol. The van der Waals surface area contributed by atoms with E-state index in [1.807, 2.05) is 0 Å². The van der Waals surface area contributed by atoms with Crippen LogP contribution < -0.4 is 15.6 Å². The van der Waals surface area contributed by atoms with Gasteiger partial charge in [-0.3, -0.25) is 28.2 Å². The minimum Gasteiger partial charge on any atom is -0.344 e. The third-order valence-corrected chi connectivity index (χ3v) is 12.2. The summed E-state index contributed by atoms with van der Waals surface area (Å²) in [7, 11) is -2.57. The first-order chi connectivity index (χ1) is 28.5. The number of benzene rings is 3. The molecule has 0 unspecified atom stereocenters. The normalized spacial score (nSPS) is 18.8. The topological polar surface area (TPSA) is 146 Å². The zero-order valence-corrected chi connectivity index (χ0v) is 33.9. The van der Waals surface area contributed by atoms with E-state index in [0.717, 1.165) is 41.2 Å². The van der Waals surface area contributed by atoms with E-state index in [4.69, 9.17) is 11.6 Å². The molecule has 12 nitrogen and oxygen atoms in total. The van der Waals surface area contributed by atoms with Crippen LogP contribution in [0.4, 0.5) is 40.9 Å². The predicted molar refractivity (Wildman–Crippen MR) is 207 cm³/mol. The van der Waals surface area contributed by atoms with Gasteiger partial charge in [-0.25, -0.2) is 39.7 Å². The highest BCUT2D eigenvalue weighted by atomic mass is 35.5. The van der Waals surface area contributed by atoms with Crippen LogP contribution in [0.2, 0.25) is 5.02 Å². The number of fused-ring (bicyclic) bond motifs is 5. The first-order valence-corrected chi connectivity index (χ1v) is 20.8. The van der Waals surface area contributed by atoms with Crippen LogP contribution in [-0.2, 0) is 46.7 Å². The maximum absolute atomic E-state index is 15.8. The van der Waals surface area contributed by atoms with Crippen molar-refractivity contribution in [2.75, 3.05) is 11.0 Å². The van der Waals surface area contributed by atoms with Gasteiger partial charge < -0.3 is 5.32 Å². The highest BCUT2D eigenvalue weighted by Crippen LogP contribution is 2.76. The molecule has 3 atom stereocenters. The quantitative estimate of drug-likeness (QED) is 0.119. The summed E-state index contributed by atoms with van der Waals surface area (Å²) in [6.45, 7) is 1.41. The van der Waals surface area contributed by atoms with Crippen LogP contribution in [0.1, 0.15) is 79.0 Å². The number of sulfonamides is 1. The first kappa shape index (κ1) is 42.1. The van der Waals surface area contributed by atoms with Crippen LogP contribution in [-0.4, -0.2) is 49.7 Å². The van der Waals surface area contributed by atoms with Crippen molar-refractivity contribution in [3.05, 3.63) is 109 Å². The zero-order chi connectivity index (χ0) is 44.3. The number of nitrogens with zero attached hydrogens (tertiary/aromatic N) is 6. The Kier molecular flexibility index (Phi) is 9.84. The highest BCUT2D eigenvalue weighted by Gasteiger charge is 2.75. The van der Waals surface area contributed by atoms with Gasteiger partial charge in [-0.2, -0.15) is 19.0 Å². The van der Waals surface area contributed by atoms with Gasteiger partial charge in [0, 0.05) is 48.4 Å². The molecule has 3 aromatic carbocycles. The predicted octanol–water partition coefficient (Wildman–Crippen LogP) is 7.91. The van der Waals surface area contributed by atoms with E-state index in [1.54, 1.807) is 0 Å². The number of anilines is 1. The molecular formula is C39H33ClF8N8O4S. The van der Waals surface area contributed by atoms with Crippen LogP contribution in [0.15, 0.2) is 53.3 Å². The van der Waals surface area contributed by atoms with Crippen molar-refractivity contribution in [3.63, 3.8) is 0 Å². The van der Waals surface area contributed by atoms with Crippen LogP contribution in [0.3, 0.4) is 0 Å². The third-order valence-electron chi connectivity index (χ3n) is 11.3. The number of aromatic nitrogens is 6. The van der Waals surface area contributed by atoms with Crippen LogP contribution in [0.5, 0.6) is 0 Å². The van der Waals surface area contributed by atoms with Crippen molar-refractivity contribution >= 4 is 55.2 Å². The fourth-order valence-corrected chi connectivity index (χ4v) is 9.02. The van der Waals surface area contributed by atoms with Gasteiger partial charge in [0.2, 0.25) is 15.9 Å². The minimum absolute atomic E-state index is 0.00851. The van der Waals surface area contributed by atoms with E-state index in [1.165, 1.54) is 37.7 Å². The van der Waals surface area contributed by atoms with Gasteiger partial charge in [0.25, 0.3) is 23.8 Å². The number of aryl methyl sites for hydroxylation is 1. The number of carbonyl (C=O) groups is 1. The van der Waals surface area contributed by atoms with Crippen molar-refractivity contribution < 1.29 is 48.3 Å². The SMILES string of the molecule is CCC(F)(F)c1ccc2c(=O)n(-c3ccc(Cl)c4c(NS(C)(=O)=O)nn(C)c34)c([C@H](Cc3cc(F)cc(F)c3)NC(=O)Cn3nc(C(F)F)c4c3C(F)(F)[C@@]3(C)C[C@@H]43)nc2c1. The third kappa shape index (κ3) is 6.98. The molecule has 2 N–H and O–H groups in total. The van der Waals surface area contributed by atoms with E-state index in [0.29, 0.717) is 10.7 Å². The summed E-state index contributed by atoms with van der Waals surface area (Å²) < 4.78 is 149. The van der Waals surface area contributed by atoms with Crippen molar-refractivity contribution in [3.8, 4) is 5.69 Å². The van der Waals surface area contributed by atoms with E-state index in [2.05, 4.69) is 25.2 Å². The van der Waals surface area contributed by atoms with E-state index in [-0.39, 0.29) is 55.9 Å². The molecule has 2 aliphatic rings. The molecule has 61 heavy (non-hydrogen) atoms. The molecule has 322 valence electrons. The molecular weight excluding hydrogens is 864 g/mol. The second-order valence-corrected chi connectivity index (χ2v) is 17.6. The molecule has 2 aliphatic carbocycles. The smallest absolute Gasteiger partial charge is 0.295 e. The molecule has 0 saturated heterocycles. The molecule has 6 aromatic rings. The fraction of sp³-hybridized carbons (Fsp3) is 0.359. The molecule has 0 radical (unpaired) electrons. The summed E-state index contributed by atoms with van der Waals surface area (Å²) in [4.78, 5) is 33.5. The lowest BCUT2D eigenvalue weighted by atomic mass is 10.0. The number of alkyl halides is 6. The molecule has 1 fully saturated rings. The monoisotopic (exact) mass is 896 g/mol. The standard InChI is InChI=1S/C39H33ClF8N8O4S/c1-5-38(45,46)18-6-7-21-24(13-18)50-35(56(36(21)58)26-9-8-23(40)29-31(26)54(3)52-34(29)53-61(4,59)60)25(12-17-10-19(41)14-20(42)11-17)49-27(57)16-55-32-28(30(51-55)33(43)44)22-15-37(22,2)39(32,47)48/h6-11,13-14,22,25,33H,5,12,15-16H2,1-4H3,(H,49,57)(H,52,53)/t22-,25-,37-/m0/s1. The lowest BCUT2D eigenvalue weighted by Gasteiger charge is -2.25. The Balaban J connectivity index is 1.35. The molecule has 8 rings (SSSR count). The number of carbonyl (C=O) groups excluding carboxylic acids is 1. The summed E-state index contributed by atoms with van der Waals surface area (Å²) in [5.74, 6) is -11.9. The number of rotatable bonds is 12. The Morgan fingerprint density at radius 3 is 2.39 bits per heavy atom. The number of hydrogen-bond acceptors (Lipinski definition) is 7. The van der Waals surface area contributed by atoms with Crippen LogP contribution in [0.25, 0.3) is 27.5 Å². The maximum atomic E-state index is 15.8. The van der Waals surface area contributed by atoms with Gasteiger partial charge >= 0.3 is 0 Å².